The Bertz CT molecular complexity index is 812. The maximum Gasteiger partial charge on any atom is 0.261 e. The van der Waals surface area contributed by atoms with Crippen molar-refractivity contribution < 1.29 is 14.3 Å². The lowest BCUT2D eigenvalue weighted by molar-refractivity contribution is -0.142. The van der Waals surface area contributed by atoms with Crippen LogP contribution >= 0.6 is 27.5 Å². The highest BCUT2D eigenvalue weighted by Gasteiger charge is 2.26. The summed E-state index contributed by atoms with van der Waals surface area (Å²) in [6, 6.07) is 13.8. The maximum absolute atomic E-state index is 12.9. The second kappa shape index (κ2) is 10.5. The summed E-state index contributed by atoms with van der Waals surface area (Å²) < 4.78 is 6.53. The minimum Gasteiger partial charge on any atom is -0.484 e. The van der Waals surface area contributed by atoms with E-state index in [0.717, 1.165) is 10.0 Å². The number of carbonyl (C=O) groups excluding carboxylic acids is 2. The van der Waals surface area contributed by atoms with Crippen LogP contribution < -0.4 is 10.1 Å². The molecule has 1 atom stereocenters. The van der Waals surface area contributed by atoms with Gasteiger partial charge in [0.25, 0.3) is 5.91 Å². The van der Waals surface area contributed by atoms with E-state index in [2.05, 4.69) is 21.2 Å². The molecule has 5 nitrogen and oxygen atoms in total. The molecule has 0 spiro atoms. The lowest BCUT2D eigenvalue weighted by Gasteiger charge is -2.29. The van der Waals surface area contributed by atoms with E-state index >= 15 is 0 Å². The second-order valence-electron chi connectivity index (χ2n) is 6.73. The van der Waals surface area contributed by atoms with Gasteiger partial charge in [-0.2, -0.15) is 0 Å². The lowest BCUT2D eigenvalue weighted by atomic mass is 10.1. The molecule has 0 fully saturated rings. The fourth-order valence-electron chi connectivity index (χ4n) is 2.56. The average Bonchev–Trinajstić information content (AvgIpc) is 2.64. The maximum atomic E-state index is 12.9. The highest BCUT2D eigenvalue weighted by molar-refractivity contribution is 9.10. The van der Waals surface area contributed by atoms with Gasteiger partial charge in [0.05, 0.1) is 0 Å². The first-order chi connectivity index (χ1) is 13.3. The van der Waals surface area contributed by atoms with Crippen LogP contribution in [0.1, 0.15) is 26.3 Å². The van der Waals surface area contributed by atoms with Crippen LogP contribution in [-0.4, -0.2) is 35.4 Å². The third-order valence-electron chi connectivity index (χ3n) is 4.02. The van der Waals surface area contributed by atoms with E-state index in [9.17, 15) is 9.59 Å². The van der Waals surface area contributed by atoms with Crippen LogP contribution in [0.25, 0.3) is 0 Å². The van der Waals surface area contributed by atoms with E-state index in [-0.39, 0.29) is 24.5 Å². The highest BCUT2D eigenvalue weighted by Crippen LogP contribution is 2.18. The summed E-state index contributed by atoms with van der Waals surface area (Å²) in [6.07, 6.45) is 0. The van der Waals surface area contributed by atoms with E-state index in [0.29, 0.717) is 17.3 Å². The Kier molecular flexibility index (Phi) is 8.33. The second-order valence-corrected chi connectivity index (χ2v) is 8.09. The van der Waals surface area contributed by atoms with E-state index in [1.54, 1.807) is 31.2 Å². The third-order valence-corrected chi connectivity index (χ3v) is 4.79. The van der Waals surface area contributed by atoms with Gasteiger partial charge in [0, 0.05) is 22.1 Å². The van der Waals surface area contributed by atoms with Gasteiger partial charge >= 0.3 is 0 Å². The molecular formula is C21H24BrClN2O3. The summed E-state index contributed by atoms with van der Waals surface area (Å²) in [5.74, 6) is 0.0150. The van der Waals surface area contributed by atoms with Crippen LogP contribution in [0.4, 0.5) is 0 Å². The molecule has 0 heterocycles. The van der Waals surface area contributed by atoms with Crippen molar-refractivity contribution in [2.75, 3.05) is 6.61 Å². The number of hydrogen-bond donors (Lipinski definition) is 1. The topological polar surface area (TPSA) is 58.6 Å². The number of nitrogens with one attached hydrogen (secondary N) is 1. The summed E-state index contributed by atoms with van der Waals surface area (Å²) in [5.41, 5.74) is 0.920. The molecule has 0 saturated carbocycles. The van der Waals surface area contributed by atoms with Crippen LogP contribution in [0.3, 0.4) is 0 Å². The third kappa shape index (κ3) is 6.84. The number of amides is 2. The van der Waals surface area contributed by atoms with Gasteiger partial charge < -0.3 is 15.0 Å². The highest BCUT2D eigenvalue weighted by atomic mass is 79.9. The Morgan fingerprint density at radius 1 is 1.14 bits per heavy atom. The number of ether oxygens (including phenoxy) is 1. The Balaban J connectivity index is 2.14. The molecule has 28 heavy (non-hydrogen) atoms. The summed E-state index contributed by atoms with van der Waals surface area (Å²) in [7, 11) is 0. The number of rotatable bonds is 8. The fourth-order valence-corrected chi connectivity index (χ4v) is 3.00. The Morgan fingerprint density at radius 2 is 1.82 bits per heavy atom. The van der Waals surface area contributed by atoms with Crippen molar-refractivity contribution in [1.29, 1.82) is 0 Å². The minimum absolute atomic E-state index is 0.0118. The average molecular weight is 468 g/mol. The normalized spacial score (nSPS) is 11.8. The van der Waals surface area contributed by atoms with Crippen LogP contribution in [0.15, 0.2) is 53.0 Å². The summed E-state index contributed by atoms with van der Waals surface area (Å²) in [5, 5.41) is 3.38. The molecule has 0 radical (unpaired) electrons. The first-order valence-electron chi connectivity index (χ1n) is 8.99. The molecule has 0 aliphatic rings. The first kappa shape index (κ1) is 22.2. The summed E-state index contributed by atoms with van der Waals surface area (Å²) in [4.78, 5) is 26.9. The van der Waals surface area contributed by atoms with Gasteiger partial charge in [-0.25, -0.2) is 0 Å². The van der Waals surface area contributed by atoms with Gasteiger partial charge in [0.15, 0.2) is 6.61 Å². The quantitative estimate of drug-likeness (QED) is 0.625. The minimum atomic E-state index is -0.637. The molecule has 150 valence electrons. The predicted octanol–water partition coefficient (Wildman–Crippen LogP) is 4.42. The van der Waals surface area contributed by atoms with Crippen molar-refractivity contribution in [3.05, 3.63) is 63.6 Å². The molecular weight excluding hydrogens is 444 g/mol. The lowest BCUT2D eigenvalue weighted by Crippen LogP contribution is -2.50. The van der Waals surface area contributed by atoms with Gasteiger partial charge in [0.2, 0.25) is 5.91 Å². The van der Waals surface area contributed by atoms with Crippen molar-refractivity contribution in [2.24, 2.45) is 0 Å². The van der Waals surface area contributed by atoms with E-state index < -0.39 is 6.04 Å². The molecule has 1 N–H and O–H groups in total. The zero-order valence-electron chi connectivity index (χ0n) is 16.1. The van der Waals surface area contributed by atoms with Gasteiger partial charge in [-0.3, -0.25) is 9.59 Å². The number of halogens is 2. The van der Waals surface area contributed by atoms with Crippen LogP contribution in [0, 0.1) is 0 Å². The van der Waals surface area contributed by atoms with Gasteiger partial charge in [-0.1, -0.05) is 45.7 Å². The molecule has 7 heteroatoms. The standard InChI is InChI=1S/C21H24BrClN2O3/c1-14(2)24-21(27)15(3)25(12-16-7-9-17(22)10-8-16)20(26)13-28-19-6-4-5-18(23)11-19/h4-11,14-15H,12-13H2,1-3H3,(H,24,27). The number of benzene rings is 2. The van der Waals surface area contributed by atoms with Crippen LogP contribution in [0.5, 0.6) is 5.75 Å². The van der Waals surface area contributed by atoms with Crippen molar-refractivity contribution in [3.63, 3.8) is 0 Å². The molecule has 1 unspecified atom stereocenters. The molecule has 0 aliphatic heterocycles. The molecule has 2 rings (SSSR count). The van der Waals surface area contributed by atoms with Gasteiger partial charge in [-0.05, 0) is 56.7 Å². The SMILES string of the molecule is CC(C)NC(=O)C(C)N(Cc1ccc(Br)cc1)C(=O)COc1cccc(Cl)c1. The Hall–Kier alpha value is -2.05. The molecule has 0 bridgehead atoms. The molecule has 2 amide bonds. The predicted molar refractivity (Wildman–Crippen MR) is 114 cm³/mol. The summed E-state index contributed by atoms with van der Waals surface area (Å²) in [6.45, 7) is 5.60. The molecule has 2 aromatic rings. The fraction of sp³-hybridized carbons (Fsp3) is 0.333. The van der Waals surface area contributed by atoms with Gasteiger partial charge in [-0.15, -0.1) is 0 Å². The van der Waals surface area contributed by atoms with Crippen molar-refractivity contribution in [2.45, 2.75) is 39.4 Å². The van der Waals surface area contributed by atoms with Crippen LogP contribution in [-0.2, 0) is 16.1 Å². The number of hydrogen-bond acceptors (Lipinski definition) is 3. The largest absolute Gasteiger partial charge is 0.484 e. The first-order valence-corrected chi connectivity index (χ1v) is 10.2. The van der Waals surface area contributed by atoms with E-state index in [1.807, 2.05) is 38.1 Å². The zero-order chi connectivity index (χ0) is 20.7. The molecule has 2 aromatic carbocycles. The van der Waals surface area contributed by atoms with Crippen LogP contribution in [0.2, 0.25) is 5.02 Å². The van der Waals surface area contributed by atoms with Crippen molar-refractivity contribution >= 4 is 39.3 Å². The van der Waals surface area contributed by atoms with Crippen molar-refractivity contribution in [1.82, 2.24) is 10.2 Å². The van der Waals surface area contributed by atoms with E-state index in [1.165, 1.54) is 4.90 Å². The van der Waals surface area contributed by atoms with Crippen molar-refractivity contribution in [3.8, 4) is 5.75 Å². The molecule has 0 aromatic heterocycles. The number of nitrogens with zero attached hydrogens (tertiary/aromatic N) is 1. The van der Waals surface area contributed by atoms with E-state index in [4.69, 9.17) is 16.3 Å². The number of carbonyl (C=O) groups is 2. The van der Waals surface area contributed by atoms with Gasteiger partial charge in [0.1, 0.15) is 11.8 Å². The zero-order valence-corrected chi connectivity index (χ0v) is 18.5. The Morgan fingerprint density at radius 3 is 2.43 bits per heavy atom. The summed E-state index contributed by atoms with van der Waals surface area (Å²) >= 11 is 9.35. The molecule has 0 aliphatic carbocycles. The Labute approximate surface area is 179 Å². The molecule has 0 saturated heterocycles. The smallest absolute Gasteiger partial charge is 0.261 e. The monoisotopic (exact) mass is 466 g/mol.